The first-order valence-electron chi connectivity index (χ1n) is 10.6. The fraction of sp³-hybridized carbons (Fsp3) is 0.250. The lowest BCUT2D eigenvalue weighted by Gasteiger charge is -2.10. The molecule has 0 radical (unpaired) electrons. The molecule has 0 aliphatic carbocycles. The third-order valence-electron chi connectivity index (χ3n) is 5.47. The molecule has 0 spiro atoms. The van der Waals surface area contributed by atoms with Gasteiger partial charge >= 0.3 is 0 Å². The highest BCUT2D eigenvalue weighted by Crippen LogP contribution is 2.30. The minimum absolute atomic E-state index is 0.105. The van der Waals surface area contributed by atoms with Gasteiger partial charge in [-0.1, -0.05) is 12.1 Å². The molecule has 32 heavy (non-hydrogen) atoms. The smallest absolute Gasteiger partial charge is 0.252 e. The van der Waals surface area contributed by atoms with Gasteiger partial charge in [0.15, 0.2) is 5.65 Å². The van der Waals surface area contributed by atoms with Gasteiger partial charge in [0.25, 0.3) is 5.91 Å². The number of carbonyl (C=O) groups is 1. The van der Waals surface area contributed by atoms with E-state index in [1.54, 1.807) is 12.3 Å². The van der Waals surface area contributed by atoms with E-state index in [9.17, 15) is 4.79 Å². The van der Waals surface area contributed by atoms with E-state index in [2.05, 4.69) is 20.4 Å². The van der Waals surface area contributed by atoms with Crippen LogP contribution in [-0.4, -0.2) is 30.6 Å². The molecule has 5 rings (SSSR count). The molecular formula is C24H24N6O2. The van der Waals surface area contributed by atoms with Crippen LogP contribution in [-0.2, 0) is 6.54 Å². The van der Waals surface area contributed by atoms with Crippen LogP contribution in [0.3, 0.4) is 0 Å². The molecule has 0 aliphatic rings. The maximum Gasteiger partial charge on any atom is 0.252 e. The Morgan fingerprint density at radius 1 is 1.19 bits per heavy atom. The van der Waals surface area contributed by atoms with Gasteiger partial charge < -0.3 is 14.7 Å². The highest BCUT2D eigenvalue weighted by Gasteiger charge is 2.20. The Kier molecular flexibility index (Phi) is 4.77. The monoisotopic (exact) mass is 428 g/mol. The van der Waals surface area contributed by atoms with Gasteiger partial charge in [0.05, 0.1) is 40.4 Å². The number of aryl methyl sites for hydroxylation is 2. The molecule has 0 atom stereocenters. The summed E-state index contributed by atoms with van der Waals surface area (Å²) in [6.07, 6.45) is 1.70. The zero-order chi connectivity index (χ0) is 22.4. The molecule has 8 nitrogen and oxygen atoms in total. The number of carbonyl (C=O) groups excluding carboxylic acids is 1. The molecule has 162 valence electrons. The molecule has 8 heteroatoms. The second kappa shape index (κ2) is 7.64. The topological polar surface area (TPSA) is 102 Å². The van der Waals surface area contributed by atoms with Gasteiger partial charge in [-0.25, -0.2) is 14.6 Å². The Balaban J connectivity index is 1.53. The summed E-state index contributed by atoms with van der Waals surface area (Å²) in [7, 11) is 0. The molecule has 0 saturated carbocycles. The molecule has 1 amide bonds. The number of hydrogen-bond donors (Lipinski definition) is 2. The van der Waals surface area contributed by atoms with Crippen LogP contribution >= 0.6 is 0 Å². The van der Waals surface area contributed by atoms with Crippen LogP contribution in [0.2, 0.25) is 0 Å². The Bertz CT molecular complexity index is 1420. The molecule has 0 unspecified atom stereocenters. The third-order valence-corrected chi connectivity index (χ3v) is 5.47. The van der Waals surface area contributed by atoms with Gasteiger partial charge in [-0.15, -0.1) is 0 Å². The molecule has 0 bridgehead atoms. The average molecular weight is 428 g/mol. The van der Waals surface area contributed by atoms with Crippen molar-refractivity contribution >= 4 is 28.0 Å². The highest BCUT2D eigenvalue weighted by atomic mass is 16.3. The summed E-state index contributed by atoms with van der Waals surface area (Å²) in [4.78, 5) is 25.9. The lowest BCUT2D eigenvalue weighted by molar-refractivity contribution is 0.0951. The minimum atomic E-state index is -0.208. The fourth-order valence-corrected chi connectivity index (χ4v) is 3.96. The molecular weight excluding hydrogens is 404 g/mol. The van der Waals surface area contributed by atoms with Crippen molar-refractivity contribution in [3.05, 3.63) is 65.5 Å². The van der Waals surface area contributed by atoms with E-state index in [-0.39, 0.29) is 18.5 Å². The zero-order valence-electron chi connectivity index (χ0n) is 18.4. The van der Waals surface area contributed by atoms with E-state index < -0.39 is 0 Å². The van der Waals surface area contributed by atoms with Crippen molar-refractivity contribution in [2.75, 3.05) is 0 Å². The largest absolute Gasteiger partial charge is 0.466 e. The molecule has 0 aliphatic heterocycles. The Hall–Kier alpha value is -3.94. The number of amides is 1. The summed E-state index contributed by atoms with van der Waals surface area (Å²) in [5.74, 6) is 2.05. The van der Waals surface area contributed by atoms with E-state index in [4.69, 9.17) is 9.40 Å². The number of furan rings is 1. The van der Waals surface area contributed by atoms with Gasteiger partial charge in [-0.3, -0.25) is 4.79 Å². The quantitative estimate of drug-likeness (QED) is 0.423. The van der Waals surface area contributed by atoms with Crippen molar-refractivity contribution in [3.63, 3.8) is 0 Å². The van der Waals surface area contributed by atoms with E-state index in [1.165, 1.54) is 0 Å². The molecule has 4 heterocycles. The Labute approximate surface area is 184 Å². The number of pyridine rings is 1. The van der Waals surface area contributed by atoms with Crippen LogP contribution in [0.15, 0.2) is 47.0 Å². The number of benzene rings is 1. The first-order chi connectivity index (χ1) is 15.4. The average Bonchev–Trinajstić information content (AvgIpc) is 3.46. The number of rotatable bonds is 5. The Morgan fingerprint density at radius 3 is 2.72 bits per heavy atom. The number of hydrogen-bond acceptors (Lipinski definition) is 5. The maximum absolute atomic E-state index is 13.3. The van der Waals surface area contributed by atoms with E-state index >= 15 is 0 Å². The van der Waals surface area contributed by atoms with Gasteiger partial charge in [0.1, 0.15) is 17.3 Å². The molecule has 1 aromatic carbocycles. The van der Waals surface area contributed by atoms with Gasteiger partial charge in [0.2, 0.25) is 0 Å². The fourth-order valence-electron chi connectivity index (χ4n) is 3.96. The van der Waals surface area contributed by atoms with Crippen molar-refractivity contribution in [1.29, 1.82) is 0 Å². The van der Waals surface area contributed by atoms with Crippen LogP contribution in [0, 0.1) is 13.8 Å². The second-order valence-electron chi connectivity index (χ2n) is 8.19. The standard InChI is InChI=1S/C24H24N6O2/c1-13(2)30-23-18(11-26-30)17(10-21(29-23)16-9-14(3)32-15(16)4)24(31)25-12-22-27-19-7-5-6-8-20(19)28-22/h5-11,13H,12H2,1-4H3,(H,25,31)(H,27,28). The number of aromatic amines is 1. The lowest BCUT2D eigenvalue weighted by Crippen LogP contribution is -2.24. The van der Waals surface area contributed by atoms with Crippen molar-refractivity contribution < 1.29 is 9.21 Å². The summed E-state index contributed by atoms with van der Waals surface area (Å²) >= 11 is 0. The molecule has 0 saturated heterocycles. The SMILES string of the molecule is Cc1cc(-c2cc(C(=O)NCc3nc4ccccc4[nH]3)c3cnn(C(C)C)c3n2)c(C)o1. The first kappa shape index (κ1) is 20.0. The summed E-state index contributed by atoms with van der Waals surface area (Å²) < 4.78 is 7.53. The summed E-state index contributed by atoms with van der Waals surface area (Å²) in [6, 6.07) is 11.6. The van der Waals surface area contributed by atoms with Crippen LogP contribution in [0.25, 0.3) is 33.3 Å². The Morgan fingerprint density at radius 2 is 2.00 bits per heavy atom. The second-order valence-corrected chi connectivity index (χ2v) is 8.19. The van der Waals surface area contributed by atoms with Gasteiger partial charge in [-0.2, -0.15) is 5.10 Å². The summed E-state index contributed by atoms with van der Waals surface area (Å²) in [6.45, 7) is 8.16. The molecule has 4 aromatic heterocycles. The molecule has 0 fully saturated rings. The number of nitrogens with zero attached hydrogens (tertiary/aromatic N) is 4. The minimum Gasteiger partial charge on any atom is -0.466 e. The van der Waals surface area contributed by atoms with Crippen LogP contribution in [0.4, 0.5) is 0 Å². The number of imidazole rings is 1. The van der Waals surface area contributed by atoms with E-state index in [0.717, 1.165) is 28.1 Å². The lowest BCUT2D eigenvalue weighted by atomic mass is 10.1. The van der Waals surface area contributed by atoms with E-state index in [1.807, 2.05) is 62.7 Å². The first-order valence-corrected chi connectivity index (χ1v) is 10.6. The maximum atomic E-state index is 13.3. The number of H-pyrrole nitrogens is 1. The predicted molar refractivity (Wildman–Crippen MR) is 122 cm³/mol. The number of fused-ring (bicyclic) bond motifs is 2. The van der Waals surface area contributed by atoms with E-state index in [0.29, 0.717) is 28.1 Å². The normalized spacial score (nSPS) is 11.7. The van der Waals surface area contributed by atoms with Crippen molar-refractivity contribution in [2.24, 2.45) is 0 Å². The highest BCUT2D eigenvalue weighted by molar-refractivity contribution is 6.06. The van der Waals surface area contributed by atoms with Crippen LogP contribution in [0.5, 0.6) is 0 Å². The summed E-state index contributed by atoms with van der Waals surface area (Å²) in [5, 5.41) is 8.17. The number of para-hydroxylation sites is 2. The van der Waals surface area contributed by atoms with Crippen molar-refractivity contribution in [3.8, 4) is 11.3 Å². The van der Waals surface area contributed by atoms with Gasteiger partial charge in [-0.05, 0) is 52.0 Å². The number of nitrogens with one attached hydrogen (secondary N) is 2. The number of aromatic nitrogens is 5. The van der Waals surface area contributed by atoms with Crippen molar-refractivity contribution in [2.45, 2.75) is 40.3 Å². The van der Waals surface area contributed by atoms with Gasteiger partial charge in [0, 0.05) is 11.6 Å². The van der Waals surface area contributed by atoms with Crippen LogP contribution < -0.4 is 5.32 Å². The summed E-state index contributed by atoms with van der Waals surface area (Å²) in [5.41, 5.74) is 4.55. The van der Waals surface area contributed by atoms with Crippen molar-refractivity contribution in [1.82, 2.24) is 30.0 Å². The third kappa shape index (κ3) is 3.43. The zero-order valence-corrected chi connectivity index (χ0v) is 18.4. The predicted octanol–water partition coefficient (Wildman–Crippen LogP) is 4.70. The molecule has 5 aromatic rings. The molecule has 2 N–H and O–H groups in total. The van der Waals surface area contributed by atoms with Crippen LogP contribution in [0.1, 0.15) is 47.6 Å².